The maximum absolute atomic E-state index is 9.21. The summed E-state index contributed by atoms with van der Waals surface area (Å²) in [7, 11) is 0. The Balaban J connectivity index is 2.54. The molecule has 1 N–H and O–H groups in total. The van der Waals surface area contributed by atoms with Gasteiger partial charge in [0, 0.05) is 0 Å². The molecule has 52 valence electrons. The second-order valence-corrected chi connectivity index (χ2v) is 3.07. The van der Waals surface area contributed by atoms with Crippen molar-refractivity contribution >= 4 is 0 Å². The molecule has 0 fully saturated rings. The Morgan fingerprint density at radius 3 is 2.44 bits per heavy atom. The largest absolute Gasteiger partial charge is 0.389 e. The first-order valence-corrected chi connectivity index (χ1v) is 3.56. The van der Waals surface area contributed by atoms with Crippen LogP contribution in [0, 0.1) is 11.8 Å². The van der Waals surface area contributed by atoms with Gasteiger partial charge in [-0.1, -0.05) is 26.0 Å². The maximum atomic E-state index is 9.21. The van der Waals surface area contributed by atoms with Crippen molar-refractivity contribution in [1.29, 1.82) is 0 Å². The molecule has 0 aromatic rings. The summed E-state index contributed by atoms with van der Waals surface area (Å²) in [5.74, 6) is 1.10. The molecule has 1 aliphatic rings. The number of hydrogen-bond acceptors (Lipinski definition) is 1. The molecule has 1 aliphatic carbocycles. The number of rotatable bonds is 0. The van der Waals surface area contributed by atoms with E-state index in [1.54, 1.807) is 0 Å². The molecule has 0 radical (unpaired) electrons. The Labute approximate surface area is 56.4 Å². The molecule has 0 spiro atoms. The quantitative estimate of drug-likeness (QED) is 0.488. The van der Waals surface area contributed by atoms with Crippen LogP contribution < -0.4 is 0 Å². The average Bonchev–Trinajstić information content (AvgIpc) is 1.80. The van der Waals surface area contributed by atoms with Crippen LogP contribution in [0.5, 0.6) is 0 Å². The number of aliphatic hydroxyl groups excluding tert-OH is 1. The molecular weight excluding hydrogens is 112 g/mol. The normalized spacial score (nSPS) is 43.2. The molecule has 0 amide bonds. The monoisotopic (exact) mass is 126 g/mol. The summed E-state index contributed by atoms with van der Waals surface area (Å²) in [6.45, 7) is 4.27. The lowest BCUT2D eigenvalue weighted by Gasteiger charge is -2.22. The van der Waals surface area contributed by atoms with E-state index in [9.17, 15) is 5.11 Å². The highest BCUT2D eigenvalue weighted by Crippen LogP contribution is 2.22. The van der Waals surface area contributed by atoms with Gasteiger partial charge in [0.05, 0.1) is 6.10 Å². The predicted octanol–water partition coefficient (Wildman–Crippen LogP) is 1.58. The van der Waals surface area contributed by atoms with Crippen molar-refractivity contribution in [2.75, 3.05) is 0 Å². The Morgan fingerprint density at radius 1 is 1.33 bits per heavy atom. The van der Waals surface area contributed by atoms with Crippen LogP contribution in [0.4, 0.5) is 0 Å². The van der Waals surface area contributed by atoms with Gasteiger partial charge in [-0.05, 0) is 18.3 Å². The van der Waals surface area contributed by atoms with E-state index in [-0.39, 0.29) is 6.10 Å². The second-order valence-electron chi connectivity index (χ2n) is 3.07. The van der Waals surface area contributed by atoms with E-state index in [0.717, 1.165) is 6.42 Å². The van der Waals surface area contributed by atoms with Crippen molar-refractivity contribution in [3.63, 3.8) is 0 Å². The number of aliphatic hydroxyl groups is 1. The van der Waals surface area contributed by atoms with Crippen molar-refractivity contribution in [3.05, 3.63) is 12.2 Å². The molecular formula is C8H14O. The van der Waals surface area contributed by atoms with Gasteiger partial charge in [-0.25, -0.2) is 0 Å². The van der Waals surface area contributed by atoms with Crippen molar-refractivity contribution < 1.29 is 5.11 Å². The molecule has 0 heterocycles. The molecule has 0 saturated carbocycles. The molecule has 0 unspecified atom stereocenters. The van der Waals surface area contributed by atoms with Crippen LogP contribution in [0.3, 0.4) is 0 Å². The third-order valence-electron chi connectivity index (χ3n) is 1.96. The first-order valence-electron chi connectivity index (χ1n) is 3.56. The molecule has 1 rings (SSSR count). The SMILES string of the molecule is C[C@H]1C=C[C@H](O)[C@@H](C)C1. The van der Waals surface area contributed by atoms with Crippen LogP contribution in [-0.2, 0) is 0 Å². The minimum Gasteiger partial charge on any atom is -0.389 e. The van der Waals surface area contributed by atoms with Gasteiger partial charge in [0.15, 0.2) is 0 Å². The second kappa shape index (κ2) is 2.53. The molecule has 0 aromatic heterocycles. The van der Waals surface area contributed by atoms with Gasteiger partial charge >= 0.3 is 0 Å². The van der Waals surface area contributed by atoms with Crippen molar-refractivity contribution in [2.45, 2.75) is 26.4 Å². The van der Waals surface area contributed by atoms with E-state index < -0.39 is 0 Å². The van der Waals surface area contributed by atoms with Crippen molar-refractivity contribution in [2.24, 2.45) is 11.8 Å². The lowest BCUT2D eigenvalue weighted by molar-refractivity contribution is 0.141. The fraction of sp³-hybridized carbons (Fsp3) is 0.750. The summed E-state index contributed by atoms with van der Waals surface area (Å²) < 4.78 is 0. The van der Waals surface area contributed by atoms with E-state index in [4.69, 9.17) is 0 Å². The summed E-state index contributed by atoms with van der Waals surface area (Å²) >= 11 is 0. The van der Waals surface area contributed by atoms with Crippen molar-refractivity contribution in [3.8, 4) is 0 Å². The molecule has 9 heavy (non-hydrogen) atoms. The lowest BCUT2D eigenvalue weighted by atomic mass is 9.87. The molecule has 0 aliphatic heterocycles. The molecule has 0 bridgehead atoms. The first kappa shape index (κ1) is 6.81. The van der Waals surface area contributed by atoms with Gasteiger partial charge in [0.1, 0.15) is 0 Å². The van der Waals surface area contributed by atoms with Gasteiger partial charge in [0.25, 0.3) is 0 Å². The Bertz CT molecular complexity index is 118. The van der Waals surface area contributed by atoms with E-state index in [1.165, 1.54) is 0 Å². The minimum absolute atomic E-state index is 0.193. The van der Waals surface area contributed by atoms with Crippen LogP contribution in [0.2, 0.25) is 0 Å². The van der Waals surface area contributed by atoms with Crippen LogP contribution in [0.15, 0.2) is 12.2 Å². The van der Waals surface area contributed by atoms with Gasteiger partial charge in [-0.15, -0.1) is 0 Å². The smallest absolute Gasteiger partial charge is 0.0746 e. The Kier molecular flexibility index (Phi) is 1.91. The topological polar surface area (TPSA) is 20.2 Å². The van der Waals surface area contributed by atoms with E-state index >= 15 is 0 Å². The Hall–Kier alpha value is -0.300. The van der Waals surface area contributed by atoms with Gasteiger partial charge in [-0.3, -0.25) is 0 Å². The molecule has 3 atom stereocenters. The van der Waals surface area contributed by atoms with Crippen LogP contribution in [0.1, 0.15) is 20.3 Å². The highest BCUT2D eigenvalue weighted by molar-refractivity contribution is 4.99. The third kappa shape index (κ3) is 1.55. The first-order chi connectivity index (χ1) is 4.20. The van der Waals surface area contributed by atoms with Gasteiger partial charge in [0.2, 0.25) is 0 Å². The molecule has 0 saturated heterocycles. The molecule has 0 aromatic carbocycles. The summed E-state index contributed by atoms with van der Waals surface area (Å²) in [6, 6.07) is 0. The highest BCUT2D eigenvalue weighted by Gasteiger charge is 2.17. The molecule has 1 heteroatoms. The summed E-state index contributed by atoms with van der Waals surface area (Å²) in [5.41, 5.74) is 0. The standard InChI is InChI=1S/C8H14O/c1-6-3-4-8(9)7(2)5-6/h3-4,6-9H,5H2,1-2H3/t6-,7-,8-/m0/s1. The van der Waals surface area contributed by atoms with Crippen LogP contribution in [-0.4, -0.2) is 11.2 Å². The van der Waals surface area contributed by atoms with Crippen molar-refractivity contribution in [1.82, 2.24) is 0 Å². The fourth-order valence-electron chi connectivity index (χ4n) is 1.30. The third-order valence-corrected chi connectivity index (χ3v) is 1.96. The Morgan fingerprint density at radius 2 is 2.00 bits per heavy atom. The zero-order chi connectivity index (χ0) is 6.85. The van der Waals surface area contributed by atoms with E-state index in [0.29, 0.717) is 11.8 Å². The summed E-state index contributed by atoms with van der Waals surface area (Å²) in [4.78, 5) is 0. The van der Waals surface area contributed by atoms with Crippen LogP contribution >= 0.6 is 0 Å². The van der Waals surface area contributed by atoms with Gasteiger partial charge < -0.3 is 5.11 Å². The number of allylic oxidation sites excluding steroid dienone is 1. The fourth-order valence-corrected chi connectivity index (χ4v) is 1.30. The van der Waals surface area contributed by atoms with Gasteiger partial charge in [-0.2, -0.15) is 0 Å². The maximum Gasteiger partial charge on any atom is 0.0746 e. The van der Waals surface area contributed by atoms with E-state index in [2.05, 4.69) is 19.9 Å². The lowest BCUT2D eigenvalue weighted by Crippen LogP contribution is -2.20. The molecule has 1 nitrogen and oxygen atoms in total. The van der Waals surface area contributed by atoms with E-state index in [1.807, 2.05) is 6.08 Å². The summed E-state index contributed by atoms with van der Waals surface area (Å²) in [6.07, 6.45) is 4.92. The zero-order valence-corrected chi connectivity index (χ0v) is 6.04. The summed E-state index contributed by atoms with van der Waals surface area (Å²) in [5, 5.41) is 9.21. The highest BCUT2D eigenvalue weighted by atomic mass is 16.3. The number of hydrogen-bond donors (Lipinski definition) is 1. The zero-order valence-electron chi connectivity index (χ0n) is 6.04. The minimum atomic E-state index is -0.193. The predicted molar refractivity (Wildman–Crippen MR) is 38.1 cm³/mol. The average molecular weight is 126 g/mol. The van der Waals surface area contributed by atoms with Crippen LogP contribution in [0.25, 0.3) is 0 Å².